The maximum absolute atomic E-state index is 12.3. The first-order chi connectivity index (χ1) is 12.1. The van der Waals surface area contributed by atoms with E-state index in [0.29, 0.717) is 29.6 Å². The maximum atomic E-state index is 12.3. The van der Waals surface area contributed by atoms with Gasteiger partial charge in [-0.05, 0) is 27.2 Å². The number of carbonyl (C=O) groups excluding carboxylic acids is 2. The normalized spacial score (nSPS) is 46.9. The molecule has 3 fully saturated rings. The second-order valence-electron chi connectivity index (χ2n) is 8.48. The average molecular weight is 362 g/mol. The van der Waals surface area contributed by atoms with Crippen molar-refractivity contribution in [1.29, 1.82) is 0 Å². The summed E-state index contributed by atoms with van der Waals surface area (Å²) in [6.07, 6.45) is 2.73. The van der Waals surface area contributed by atoms with Gasteiger partial charge in [0.05, 0.1) is 6.10 Å². The molecule has 0 bridgehead atoms. The minimum atomic E-state index is -1.56. The number of allylic oxidation sites excluding steroid dienone is 1. The number of esters is 2. The van der Waals surface area contributed by atoms with Gasteiger partial charge in [-0.25, -0.2) is 9.59 Å². The molecule has 1 spiro atoms. The Morgan fingerprint density at radius 1 is 1.42 bits per heavy atom. The average Bonchev–Trinajstić information content (AvgIpc) is 3.23. The number of carbonyl (C=O) groups is 2. The summed E-state index contributed by atoms with van der Waals surface area (Å²) in [4.78, 5) is 24.3. The van der Waals surface area contributed by atoms with Crippen LogP contribution in [0.3, 0.4) is 0 Å². The fourth-order valence-electron chi connectivity index (χ4n) is 5.18. The molecule has 0 amide bonds. The van der Waals surface area contributed by atoms with Crippen molar-refractivity contribution in [3.63, 3.8) is 0 Å². The molecule has 0 aromatic rings. The van der Waals surface area contributed by atoms with Crippen LogP contribution in [0.4, 0.5) is 0 Å². The molecule has 26 heavy (non-hydrogen) atoms. The molecule has 4 aliphatic rings. The number of ether oxygens (including phenoxy) is 3. The van der Waals surface area contributed by atoms with Gasteiger partial charge in [0.25, 0.3) is 0 Å². The molecule has 142 valence electrons. The molecule has 2 saturated carbocycles. The Kier molecular flexibility index (Phi) is 3.55. The molecular weight excluding hydrogens is 336 g/mol. The van der Waals surface area contributed by atoms with Crippen molar-refractivity contribution in [3.05, 3.63) is 22.8 Å². The third kappa shape index (κ3) is 2.06. The largest absolute Gasteiger partial charge is 0.459 e. The van der Waals surface area contributed by atoms with Crippen LogP contribution < -0.4 is 0 Å². The monoisotopic (exact) mass is 362 g/mol. The van der Waals surface area contributed by atoms with Crippen LogP contribution in [0, 0.1) is 11.3 Å². The second kappa shape index (κ2) is 5.20. The van der Waals surface area contributed by atoms with Gasteiger partial charge in [0.1, 0.15) is 11.7 Å². The van der Waals surface area contributed by atoms with E-state index < -0.39 is 17.4 Å². The summed E-state index contributed by atoms with van der Waals surface area (Å²) in [5.74, 6) is -2.29. The zero-order valence-corrected chi connectivity index (χ0v) is 15.9. The maximum Gasteiger partial charge on any atom is 0.336 e. The van der Waals surface area contributed by atoms with E-state index in [1.807, 2.05) is 6.92 Å². The molecule has 4 rings (SSSR count). The Balaban J connectivity index is 1.66. The highest BCUT2D eigenvalue weighted by Gasteiger charge is 2.78. The van der Waals surface area contributed by atoms with E-state index in [1.165, 1.54) is 0 Å². The van der Waals surface area contributed by atoms with Gasteiger partial charge in [0.2, 0.25) is 5.79 Å². The van der Waals surface area contributed by atoms with E-state index >= 15 is 0 Å². The van der Waals surface area contributed by atoms with Crippen LogP contribution in [0.25, 0.3) is 0 Å². The van der Waals surface area contributed by atoms with E-state index in [2.05, 4.69) is 13.8 Å². The first kappa shape index (κ1) is 17.7. The Morgan fingerprint density at radius 3 is 2.77 bits per heavy atom. The molecule has 6 atom stereocenters. The van der Waals surface area contributed by atoms with Crippen molar-refractivity contribution in [2.24, 2.45) is 11.3 Å². The third-order valence-corrected chi connectivity index (χ3v) is 7.34. The molecule has 1 unspecified atom stereocenters. The van der Waals surface area contributed by atoms with Crippen molar-refractivity contribution in [2.45, 2.75) is 77.5 Å². The van der Waals surface area contributed by atoms with Crippen LogP contribution in [-0.4, -0.2) is 40.6 Å². The number of epoxide rings is 1. The van der Waals surface area contributed by atoms with Gasteiger partial charge in [-0.2, -0.15) is 0 Å². The van der Waals surface area contributed by atoms with Gasteiger partial charge in [0.15, 0.2) is 0 Å². The Labute approximate surface area is 153 Å². The molecule has 6 nitrogen and oxygen atoms in total. The fourth-order valence-corrected chi connectivity index (χ4v) is 5.18. The van der Waals surface area contributed by atoms with Crippen LogP contribution in [0.1, 0.15) is 53.9 Å². The molecule has 1 N–H and O–H groups in total. The highest BCUT2D eigenvalue weighted by atomic mass is 16.7. The Hall–Kier alpha value is -1.66. The molecule has 2 aliphatic heterocycles. The van der Waals surface area contributed by atoms with Crippen LogP contribution in [0.2, 0.25) is 0 Å². The summed E-state index contributed by atoms with van der Waals surface area (Å²) in [6, 6.07) is 0. The third-order valence-electron chi connectivity index (χ3n) is 7.34. The smallest absolute Gasteiger partial charge is 0.336 e. The SMILES string of the molecule is C/C=C(\C)C(=O)O[C@H]1C[C@H]2OC23C[C@@]2(O)OC(=O)C(C)=C2C[C@]3(C)[C@H]1C. The van der Waals surface area contributed by atoms with Crippen molar-refractivity contribution >= 4 is 11.9 Å². The van der Waals surface area contributed by atoms with Crippen molar-refractivity contribution in [1.82, 2.24) is 0 Å². The number of fused-ring (bicyclic) bond motifs is 1. The molecule has 0 radical (unpaired) electrons. The topological polar surface area (TPSA) is 85.4 Å². The minimum absolute atomic E-state index is 0.0235. The summed E-state index contributed by atoms with van der Waals surface area (Å²) in [6.45, 7) is 9.43. The summed E-state index contributed by atoms with van der Waals surface area (Å²) in [7, 11) is 0. The number of rotatable bonds is 2. The van der Waals surface area contributed by atoms with Gasteiger partial charge < -0.3 is 19.3 Å². The lowest BCUT2D eigenvalue weighted by atomic mass is 9.52. The first-order valence-electron chi connectivity index (χ1n) is 9.25. The molecule has 0 aromatic carbocycles. The molecule has 1 saturated heterocycles. The summed E-state index contributed by atoms with van der Waals surface area (Å²) in [5, 5.41) is 10.9. The van der Waals surface area contributed by atoms with Gasteiger partial charge >= 0.3 is 11.9 Å². The quantitative estimate of drug-likeness (QED) is 0.461. The Morgan fingerprint density at radius 2 is 2.12 bits per heavy atom. The minimum Gasteiger partial charge on any atom is -0.459 e. The number of hydrogen-bond acceptors (Lipinski definition) is 6. The summed E-state index contributed by atoms with van der Waals surface area (Å²) >= 11 is 0. The molecule has 2 heterocycles. The van der Waals surface area contributed by atoms with Crippen LogP contribution in [-0.2, 0) is 23.8 Å². The molecule has 0 aromatic heterocycles. The van der Waals surface area contributed by atoms with Gasteiger partial charge in [-0.1, -0.05) is 19.9 Å². The van der Waals surface area contributed by atoms with Crippen molar-refractivity contribution in [3.8, 4) is 0 Å². The standard InChI is InChI=1S/C20H26O6/c1-6-10(2)16(21)24-14-7-15-19(25-15)9-20(23)13(11(3)17(22)26-20)8-18(19,5)12(14)4/h6,12,14-15,23H,7-9H2,1-5H3/b10-6+/t12-,14-,15+,18+,19?,20+/m0/s1. The van der Waals surface area contributed by atoms with E-state index in [1.54, 1.807) is 19.9 Å². The molecule has 2 aliphatic carbocycles. The summed E-state index contributed by atoms with van der Waals surface area (Å²) in [5.41, 5.74) is 0.836. The second-order valence-corrected chi connectivity index (χ2v) is 8.48. The zero-order chi connectivity index (χ0) is 19.1. The van der Waals surface area contributed by atoms with Crippen LogP contribution >= 0.6 is 0 Å². The predicted octanol–water partition coefficient (Wildman–Crippen LogP) is 2.40. The van der Waals surface area contributed by atoms with Crippen LogP contribution in [0.5, 0.6) is 0 Å². The lowest BCUT2D eigenvalue weighted by molar-refractivity contribution is -0.209. The van der Waals surface area contributed by atoms with Gasteiger partial charge in [-0.3, -0.25) is 0 Å². The van der Waals surface area contributed by atoms with Gasteiger partial charge in [0, 0.05) is 40.9 Å². The van der Waals surface area contributed by atoms with Crippen molar-refractivity contribution < 1.29 is 28.9 Å². The van der Waals surface area contributed by atoms with E-state index in [4.69, 9.17) is 14.2 Å². The molecular formula is C20H26O6. The lowest BCUT2D eigenvalue weighted by Gasteiger charge is -2.52. The lowest BCUT2D eigenvalue weighted by Crippen LogP contribution is -2.59. The first-order valence-corrected chi connectivity index (χ1v) is 9.25. The highest BCUT2D eigenvalue weighted by Crippen LogP contribution is 2.70. The fraction of sp³-hybridized carbons (Fsp3) is 0.700. The number of aliphatic hydroxyl groups is 1. The van der Waals surface area contributed by atoms with Crippen molar-refractivity contribution in [2.75, 3.05) is 0 Å². The zero-order valence-electron chi connectivity index (χ0n) is 15.9. The van der Waals surface area contributed by atoms with Crippen LogP contribution in [0.15, 0.2) is 22.8 Å². The highest BCUT2D eigenvalue weighted by molar-refractivity contribution is 5.92. The molecule has 6 heteroatoms. The Bertz CT molecular complexity index is 766. The van der Waals surface area contributed by atoms with Gasteiger partial charge in [-0.15, -0.1) is 0 Å². The van der Waals surface area contributed by atoms with E-state index in [9.17, 15) is 14.7 Å². The number of hydrogen-bond donors (Lipinski definition) is 1. The van der Waals surface area contributed by atoms with E-state index in [0.717, 1.165) is 0 Å². The van der Waals surface area contributed by atoms with E-state index in [-0.39, 0.29) is 35.9 Å². The summed E-state index contributed by atoms with van der Waals surface area (Å²) < 4.78 is 17.2. The predicted molar refractivity (Wildman–Crippen MR) is 91.8 cm³/mol.